The summed E-state index contributed by atoms with van der Waals surface area (Å²) in [5, 5.41) is 0. The van der Waals surface area contributed by atoms with Crippen LogP contribution in [0.1, 0.15) is 0 Å². The molecule has 0 radical (unpaired) electrons. The molecule has 3 nitrogen and oxygen atoms in total. The minimum Gasteiger partial charge on any atom is -0.324 e. The first-order chi connectivity index (χ1) is 3.75. The number of hydrogen-bond donors (Lipinski definition) is 1. The van der Waals surface area contributed by atoms with Gasteiger partial charge in [-0.15, -0.1) is 0 Å². The molecule has 2 unspecified atom stereocenters. The number of rotatable bonds is 2. The summed E-state index contributed by atoms with van der Waals surface area (Å²) in [6.07, 6.45) is 0. The van der Waals surface area contributed by atoms with Crippen molar-refractivity contribution >= 4 is 5.78 Å². The van der Waals surface area contributed by atoms with Crippen LogP contribution in [0.5, 0.6) is 0 Å². The fourth-order valence-corrected chi connectivity index (χ4v) is 0.709. The van der Waals surface area contributed by atoms with Crippen LogP contribution in [-0.2, 0) is 4.79 Å². The van der Waals surface area contributed by atoms with Gasteiger partial charge < -0.3 is 5.73 Å². The van der Waals surface area contributed by atoms with Crippen LogP contribution in [0.15, 0.2) is 0 Å². The molecule has 2 N–H and O–H groups in total. The van der Waals surface area contributed by atoms with Gasteiger partial charge in [0.25, 0.3) is 0 Å². The van der Waals surface area contributed by atoms with Gasteiger partial charge >= 0.3 is 0 Å². The van der Waals surface area contributed by atoms with Crippen molar-refractivity contribution in [3.05, 3.63) is 0 Å². The van der Waals surface area contributed by atoms with Crippen molar-refractivity contribution in [3.8, 4) is 0 Å². The normalized spacial score (nSPS) is 34.8. The van der Waals surface area contributed by atoms with Crippen molar-refractivity contribution in [2.24, 2.45) is 5.73 Å². The Bertz CT molecular complexity index is 113. The van der Waals surface area contributed by atoms with E-state index in [1.165, 1.54) is 0 Å². The average molecular weight is 114 g/mol. The van der Waals surface area contributed by atoms with E-state index < -0.39 is 0 Å². The molecule has 46 valence electrons. The summed E-state index contributed by atoms with van der Waals surface area (Å²) in [5.74, 6) is 0.160. The first kappa shape index (κ1) is 5.72. The maximum Gasteiger partial charge on any atom is 0.164 e. The second-order valence-corrected chi connectivity index (χ2v) is 2.13. The van der Waals surface area contributed by atoms with Crippen molar-refractivity contribution in [1.29, 1.82) is 0 Å². The third-order valence-corrected chi connectivity index (χ3v) is 1.43. The van der Waals surface area contributed by atoms with E-state index in [-0.39, 0.29) is 18.4 Å². The van der Waals surface area contributed by atoms with E-state index in [0.29, 0.717) is 0 Å². The van der Waals surface area contributed by atoms with E-state index >= 15 is 0 Å². The molecule has 0 saturated carbocycles. The van der Waals surface area contributed by atoms with E-state index in [1.54, 1.807) is 0 Å². The molecular formula is C5H10N2O. The Morgan fingerprint density at radius 3 is 2.62 bits per heavy atom. The standard InChI is InChI=1S/C5H10N2O/c1-7-3-4(7)5(8)2-6/h4H,2-3,6H2,1H3. The number of carbonyl (C=O) groups excluding carboxylic acids is 1. The second kappa shape index (κ2) is 1.84. The molecule has 0 aromatic heterocycles. The van der Waals surface area contributed by atoms with Gasteiger partial charge in [-0.2, -0.15) is 0 Å². The largest absolute Gasteiger partial charge is 0.324 e. The molecule has 1 aliphatic heterocycles. The Labute approximate surface area is 48.5 Å². The zero-order valence-corrected chi connectivity index (χ0v) is 4.92. The van der Waals surface area contributed by atoms with Crippen LogP contribution in [0.2, 0.25) is 0 Å². The van der Waals surface area contributed by atoms with Gasteiger partial charge in [-0.05, 0) is 7.05 Å². The number of likely N-dealkylation sites (N-methyl/N-ethyl adjacent to an activating group) is 1. The maximum atomic E-state index is 10.6. The molecule has 0 amide bonds. The van der Waals surface area contributed by atoms with Gasteiger partial charge in [0.1, 0.15) is 0 Å². The fourth-order valence-electron chi connectivity index (χ4n) is 0.709. The lowest BCUT2D eigenvalue weighted by molar-refractivity contribution is -0.117. The highest BCUT2D eigenvalue weighted by atomic mass is 16.1. The molecule has 8 heavy (non-hydrogen) atoms. The molecule has 1 aliphatic rings. The molecule has 3 heteroatoms. The Morgan fingerprint density at radius 1 is 2.00 bits per heavy atom. The molecule has 0 spiro atoms. The smallest absolute Gasteiger partial charge is 0.164 e. The predicted molar refractivity (Wildman–Crippen MR) is 30.5 cm³/mol. The molecule has 0 aliphatic carbocycles. The van der Waals surface area contributed by atoms with Crippen LogP contribution < -0.4 is 5.73 Å². The monoisotopic (exact) mass is 114 g/mol. The van der Waals surface area contributed by atoms with Crippen LogP contribution in [0, 0.1) is 0 Å². The van der Waals surface area contributed by atoms with Crippen LogP contribution in [0.25, 0.3) is 0 Å². The lowest BCUT2D eigenvalue weighted by atomic mass is 10.3. The van der Waals surface area contributed by atoms with Gasteiger partial charge in [0.05, 0.1) is 12.6 Å². The second-order valence-electron chi connectivity index (χ2n) is 2.13. The highest BCUT2D eigenvalue weighted by molar-refractivity contribution is 5.88. The summed E-state index contributed by atoms with van der Waals surface area (Å²) < 4.78 is 0. The van der Waals surface area contributed by atoms with Crippen molar-refractivity contribution in [1.82, 2.24) is 4.90 Å². The minimum atomic E-state index is 0.153. The lowest BCUT2D eigenvalue weighted by Crippen LogP contribution is -2.20. The van der Waals surface area contributed by atoms with Gasteiger partial charge in [-0.3, -0.25) is 9.69 Å². The highest BCUT2D eigenvalue weighted by Crippen LogP contribution is 2.12. The Balaban J connectivity index is 2.28. The molecule has 1 fully saturated rings. The maximum absolute atomic E-state index is 10.6. The van der Waals surface area contributed by atoms with Gasteiger partial charge in [0.2, 0.25) is 0 Å². The zero-order valence-electron chi connectivity index (χ0n) is 4.92. The molecule has 0 aromatic rings. The Kier molecular flexibility index (Phi) is 1.31. The number of carbonyl (C=O) groups is 1. The van der Waals surface area contributed by atoms with Crippen molar-refractivity contribution in [2.45, 2.75) is 6.04 Å². The van der Waals surface area contributed by atoms with Gasteiger partial charge in [-0.25, -0.2) is 0 Å². The minimum absolute atomic E-state index is 0.153. The first-order valence-corrected chi connectivity index (χ1v) is 2.68. The third kappa shape index (κ3) is 0.877. The van der Waals surface area contributed by atoms with Crippen molar-refractivity contribution < 1.29 is 4.79 Å². The summed E-state index contributed by atoms with van der Waals surface area (Å²) in [7, 11) is 1.91. The van der Waals surface area contributed by atoms with Crippen LogP contribution >= 0.6 is 0 Å². The number of nitrogens with zero attached hydrogens (tertiary/aromatic N) is 1. The van der Waals surface area contributed by atoms with E-state index in [0.717, 1.165) is 6.54 Å². The van der Waals surface area contributed by atoms with Gasteiger partial charge in [0, 0.05) is 6.54 Å². The Hall–Kier alpha value is -0.410. The molecule has 1 rings (SSSR count). The van der Waals surface area contributed by atoms with Gasteiger partial charge in [0.15, 0.2) is 5.78 Å². The zero-order chi connectivity index (χ0) is 6.15. The van der Waals surface area contributed by atoms with Crippen LogP contribution in [-0.4, -0.2) is 36.9 Å². The van der Waals surface area contributed by atoms with E-state index in [1.807, 2.05) is 11.9 Å². The van der Waals surface area contributed by atoms with Gasteiger partial charge in [-0.1, -0.05) is 0 Å². The summed E-state index contributed by atoms with van der Waals surface area (Å²) in [6.45, 7) is 1.09. The van der Waals surface area contributed by atoms with Crippen molar-refractivity contribution in [3.63, 3.8) is 0 Å². The third-order valence-electron chi connectivity index (χ3n) is 1.43. The lowest BCUT2D eigenvalue weighted by Gasteiger charge is -1.89. The van der Waals surface area contributed by atoms with E-state index in [2.05, 4.69) is 0 Å². The number of ketones is 1. The topological polar surface area (TPSA) is 46.1 Å². The molecule has 1 saturated heterocycles. The van der Waals surface area contributed by atoms with Crippen LogP contribution in [0.4, 0.5) is 0 Å². The summed E-state index contributed by atoms with van der Waals surface area (Å²) in [5.41, 5.74) is 5.10. The first-order valence-electron chi connectivity index (χ1n) is 2.68. The quantitative estimate of drug-likeness (QED) is 0.460. The molecule has 0 bridgehead atoms. The van der Waals surface area contributed by atoms with Crippen LogP contribution in [0.3, 0.4) is 0 Å². The highest BCUT2D eigenvalue weighted by Gasteiger charge is 2.35. The predicted octanol–water partition coefficient (Wildman–Crippen LogP) is -1.17. The molecular weight excluding hydrogens is 104 g/mol. The number of nitrogens with two attached hydrogens (primary N) is 1. The number of Topliss-reactive ketones (excluding diaryl/α,β-unsaturated/α-hetero) is 1. The molecule has 2 atom stereocenters. The Morgan fingerprint density at radius 2 is 2.50 bits per heavy atom. The summed E-state index contributed by atoms with van der Waals surface area (Å²) in [4.78, 5) is 12.6. The van der Waals surface area contributed by atoms with Crippen molar-refractivity contribution in [2.75, 3.05) is 20.1 Å². The average Bonchev–Trinajstić information content (AvgIpc) is 2.45. The number of hydrogen-bond acceptors (Lipinski definition) is 3. The van der Waals surface area contributed by atoms with E-state index in [4.69, 9.17) is 5.73 Å². The molecule has 1 heterocycles. The summed E-state index contributed by atoms with van der Waals surface area (Å²) >= 11 is 0. The SMILES string of the molecule is CN1CC1C(=O)CN. The fraction of sp³-hybridized carbons (Fsp3) is 0.800. The van der Waals surface area contributed by atoms with E-state index in [9.17, 15) is 4.79 Å². The molecule has 0 aromatic carbocycles. The summed E-state index contributed by atoms with van der Waals surface area (Å²) in [6, 6.07) is 0.153.